The van der Waals surface area contributed by atoms with Crippen LogP contribution in [0.5, 0.6) is 0 Å². The second-order valence-corrected chi connectivity index (χ2v) is 4.34. The Morgan fingerprint density at radius 3 is 2.67 bits per heavy atom. The van der Waals surface area contributed by atoms with Gasteiger partial charge in [-0.2, -0.15) is 0 Å². The van der Waals surface area contributed by atoms with Crippen molar-refractivity contribution in [1.82, 2.24) is 9.80 Å². The molecule has 2 atom stereocenters. The largest absolute Gasteiger partial charge is 0.338 e. The van der Waals surface area contributed by atoms with Crippen LogP contribution in [-0.2, 0) is 4.79 Å². The Morgan fingerprint density at radius 1 is 1.47 bits per heavy atom. The summed E-state index contributed by atoms with van der Waals surface area (Å²) in [5.41, 5.74) is 5.76. The van der Waals surface area contributed by atoms with Gasteiger partial charge in [-0.25, -0.2) is 0 Å². The summed E-state index contributed by atoms with van der Waals surface area (Å²) in [6.45, 7) is 6.73. The van der Waals surface area contributed by atoms with Crippen LogP contribution in [-0.4, -0.2) is 54.5 Å². The summed E-state index contributed by atoms with van der Waals surface area (Å²) in [6, 6.07) is 0.178. The molecule has 0 aromatic carbocycles. The number of hydrogen-bond donors (Lipinski definition) is 1. The number of carbonyl (C=O) groups is 1. The lowest BCUT2D eigenvalue weighted by Gasteiger charge is -2.39. The lowest BCUT2D eigenvalue weighted by Crippen LogP contribution is -2.56. The molecule has 1 heterocycles. The van der Waals surface area contributed by atoms with Gasteiger partial charge >= 0.3 is 0 Å². The maximum atomic E-state index is 11.9. The van der Waals surface area contributed by atoms with Gasteiger partial charge in [0.25, 0.3) is 0 Å². The molecule has 0 bridgehead atoms. The Labute approximate surface area is 92.4 Å². The van der Waals surface area contributed by atoms with Crippen molar-refractivity contribution in [1.29, 1.82) is 0 Å². The molecule has 4 nitrogen and oxygen atoms in total. The fourth-order valence-corrected chi connectivity index (χ4v) is 2.00. The summed E-state index contributed by atoms with van der Waals surface area (Å²) < 4.78 is 0. The van der Waals surface area contributed by atoms with Crippen molar-refractivity contribution in [2.24, 2.45) is 5.73 Å². The van der Waals surface area contributed by atoms with Crippen molar-refractivity contribution in [3.05, 3.63) is 0 Å². The summed E-state index contributed by atoms with van der Waals surface area (Å²) in [5, 5.41) is 0. The number of nitrogens with zero attached hydrogens (tertiary/aromatic N) is 2. The quantitative estimate of drug-likeness (QED) is 0.732. The smallest absolute Gasteiger partial charge is 0.239 e. The lowest BCUT2D eigenvalue weighted by atomic mass is 10.1. The van der Waals surface area contributed by atoms with Gasteiger partial charge in [0.15, 0.2) is 0 Å². The second kappa shape index (κ2) is 5.47. The minimum atomic E-state index is -0.314. The summed E-state index contributed by atoms with van der Waals surface area (Å²) >= 11 is 0. The van der Waals surface area contributed by atoms with Gasteiger partial charge in [-0.15, -0.1) is 0 Å². The van der Waals surface area contributed by atoms with Crippen LogP contribution in [0.4, 0.5) is 0 Å². The molecule has 1 aliphatic heterocycles. The molecular formula is C11H23N3O. The van der Waals surface area contributed by atoms with Gasteiger partial charge in [-0.05, 0) is 19.9 Å². The van der Waals surface area contributed by atoms with Gasteiger partial charge in [0.05, 0.1) is 6.04 Å². The van der Waals surface area contributed by atoms with Crippen LogP contribution in [0.2, 0.25) is 0 Å². The summed E-state index contributed by atoms with van der Waals surface area (Å²) in [4.78, 5) is 16.1. The summed E-state index contributed by atoms with van der Waals surface area (Å²) in [5.74, 6) is 0.115. The minimum Gasteiger partial charge on any atom is -0.338 e. The van der Waals surface area contributed by atoms with E-state index in [4.69, 9.17) is 5.73 Å². The SMILES string of the molecule is CCC1CN(C(=O)[C@H](N)CC)CCN1C. The number of piperazine rings is 1. The lowest BCUT2D eigenvalue weighted by molar-refractivity contribution is -0.135. The summed E-state index contributed by atoms with van der Waals surface area (Å²) in [7, 11) is 2.12. The number of hydrogen-bond acceptors (Lipinski definition) is 3. The van der Waals surface area contributed by atoms with Crippen LogP contribution >= 0.6 is 0 Å². The number of rotatable bonds is 3. The van der Waals surface area contributed by atoms with E-state index in [1.54, 1.807) is 0 Å². The molecule has 2 N–H and O–H groups in total. The van der Waals surface area contributed by atoms with Crippen molar-refractivity contribution in [3.63, 3.8) is 0 Å². The molecule has 88 valence electrons. The molecule has 1 aliphatic rings. The highest BCUT2D eigenvalue weighted by Gasteiger charge is 2.27. The Hall–Kier alpha value is -0.610. The van der Waals surface area contributed by atoms with E-state index in [2.05, 4.69) is 18.9 Å². The molecule has 0 aromatic rings. The fourth-order valence-electron chi connectivity index (χ4n) is 2.00. The van der Waals surface area contributed by atoms with Gasteiger partial charge in [0, 0.05) is 25.7 Å². The normalized spacial score (nSPS) is 25.3. The van der Waals surface area contributed by atoms with Gasteiger partial charge in [0.2, 0.25) is 5.91 Å². The van der Waals surface area contributed by atoms with Crippen LogP contribution in [0.15, 0.2) is 0 Å². The third kappa shape index (κ3) is 2.92. The maximum absolute atomic E-state index is 11.9. The Balaban J connectivity index is 2.54. The zero-order valence-electron chi connectivity index (χ0n) is 10.1. The van der Waals surface area contributed by atoms with Crippen LogP contribution in [0.3, 0.4) is 0 Å². The monoisotopic (exact) mass is 213 g/mol. The van der Waals surface area contributed by atoms with Crippen molar-refractivity contribution in [2.45, 2.75) is 38.8 Å². The number of likely N-dealkylation sites (N-methyl/N-ethyl adjacent to an activating group) is 1. The van der Waals surface area contributed by atoms with Gasteiger partial charge < -0.3 is 10.6 Å². The van der Waals surface area contributed by atoms with Gasteiger partial charge in [-0.1, -0.05) is 13.8 Å². The predicted molar refractivity (Wildman–Crippen MR) is 61.6 cm³/mol. The number of carbonyl (C=O) groups excluding carboxylic acids is 1. The van der Waals surface area contributed by atoms with Crippen molar-refractivity contribution in [2.75, 3.05) is 26.7 Å². The molecule has 0 saturated carbocycles. The third-order valence-electron chi connectivity index (χ3n) is 3.32. The molecule has 0 aliphatic carbocycles. The van der Waals surface area contributed by atoms with Crippen LogP contribution in [0, 0.1) is 0 Å². The summed E-state index contributed by atoms with van der Waals surface area (Å²) in [6.07, 6.45) is 1.81. The Kier molecular flexibility index (Phi) is 4.54. The molecule has 1 unspecified atom stereocenters. The zero-order chi connectivity index (χ0) is 11.4. The van der Waals surface area contributed by atoms with Gasteiger partial charge in [-0.3, -0.25) is 9.69 Å². The first-order valence-electron chi connectivity index (χ1n) is 5.84. The first-order chi connectivity index (χ1) is 7.10. The van der Waals surface area contributed by atoms with Crippen LogP contribution in [0.1, 0.15) is 26.7 Å². The molecule has 4 heteroatoms. The predicted octanol–water partition coefficient (Wildman–Crippen LogP) is 0.276. The van der Waals surface area contributed by atoms with E-state index in [9.17, 15) is 4.79 Å². The molecule has 0 radical (unpaired) electrons. The van der Waals surface area contributed by atoms with Gasteiger partial charge in [0.1, 0.15) is 0 Å². The Bertz CT molecular complexity index is 220. The van der Waals surface area contributed by atoms with Crippen molar-refractivity contribution in [3.8, 4) is 0 Å². The van der Waals surface area contributed by atoms with E-state index >= 15 is 0 Å². The van der Waals surface area contributed by atoms with E-state index in [0.29, 0.717) is 6.04 Å². The van der Waals surface area contributed by atoms with Crippen molar-refractivity contribution < 1.29 is 4.79 Å². The molecule has 15 heavy (non-hydrogen) atoms. The van der Waals surface area contributed by atoms with E-state index in [1.165, 1.54) is 0 Å². The third-order valence-corrected chi connectivity index (χ3v) is 3.32. The molecule has 1 rings (SSSR count). The zero-order valence-corrected chi connectivity index (χ0v) is 10.1. The minimum absolute atomic E-state index is 0.115. The second-order valence-electron chi connectivity index (χ2n) is 4.34. The van der Waals surface area contributed by atoms with Crippen molar-refractivity contribution >= 4 is 5.91 Å². The van der Waals surface area contributed by atoms with E-state index in [1.807, 2.05) is 11.8 Å². The molecule has 0 spiro atoms. The maximum Gasteiger partial charge on any atom is 0.239 e. The fraction of sp³-hybridized carbons (Fsp3) is 0.909. The molecule has 1 fully saturated rings. The molecule has 1 saturated heterocycles. The standard InChI is InChI=1S/C11H23N3O/c1-4-9-8-14(7-6-13(9)3)11(15)10(12)5-2/h9-10H,4-8,12H2,1-3H3/t9?,10-/m1/s1. The average molecular weight is 213 g/mol. The molecule has 0 aromatic heterocycles. The van der Waals surface area contributed by atoms with E-state index in [0.717, 1.165) is 32.5 Å². The highest BCUT2D eigenvalue weighted by molar-refractivity contribution is 5.81. The van der Waals surface area contributed by atoms with E-state index in [-0.39, 0.29) is 11.9 Å². The Morgan fingerprint density at radius 2 is 2.13 bits per heavy atom. The van der Waals surface area contributed by atoms with Crippen LogP contribution < -0.4 is 5.73 Å². The first kappa shape index (κ1) is 12.5. The number of amides is 1. The first-order valence-corrected chi connectivity index (χ1v) is 5.84. The highest BCUT2D eigenvalue weighted by atomic mass is 16.2. The highest BCUT2D eigenvalue weighted by Crippen LogP contribution is 2.11. The molecular weight excluding hydrogens is 190 g/mol. The van der Waals surface area contributed by atoms with Crippen LogP contribution in [0.25, 0.3) is 0 Å². The van der Waals surface area contributed by atoms with E-state index < -0.39 is 0 Å². The molecule has 1 amide bonds. The topological polar surface area (TPSA) is 49.6 Å². The average Bonchev–Trinajstić information content (AvgIpc) is 2.27. The number of nitrogens with two attached hydrogens (primary N) is 1.